The molecule has 8 heteroatoms. The first kappa shape index (κ1) is 28.6. The molecule has 0 bridgehead atoms. The Balaban J connectivity index is 1.15. The Morgan fingerprint density at radius 1 is 0.907 bits per heavy atom. The monoisotopic (exact) mass is 574 g/mol. The van der Waals surface area contributed by atoms with Crippen LogP contribution in [-0.4, -0.2) is 63.9 Å². The standard InChI is InChI=1S/C35H38N6O2/c1-35(2,3)27-6-5-7-28(20-27)39-34(42)25-9-8-24-10-11-30(19-26(24)18-25)43-31-12-13-36-32(21-31)33-37-22-29(38-33)23-41-16-14-40(4)15-17-41/h5-13,18-22H,14-17,23H2,1-4H3,(H,37,38)(H,39,42). The van der Waals surface area contributed by atoms with Crippen molar-refractivity contribution in [3.63, 3.8) is 0 Å². The number of amides is 1. The molecule has 0 atom stereocenters. The molecule has 0 aliphatic carbocycles. The number of ether oxygens (including phenoxy) is 1. The highest BCUT2D eigenvalue weighted by Gasteiger charge is 2.17. The number of benzene rings is 3. The van der Waals surface area contributed by atoms with E-state index in [0.717, 1.165) is 66.4 Å². The maximum Gasteiger partial charge on any atom is 0.255 e. The van der Waals surface area contributed by atoms with E-state index < -0.39 is 0 Å². The van der Waals surface area contributed by atoms with Crippen molar-refractivity contribution in [2.24, 2.45) is 0 Å². The maximum absolute atomic E-state index is 13.1. The normalized spacial score (nSPS) is 14.6. The second-order valence-electron chi connectivity index (χ2n) is 12.3. The molecule has 1 amide bonds. The summed E-state index contributed by atoms with van der Waals surface area (Å²) in [5.41, 5.74) is 4.33. The van der Waals surface area contributed by atoms with Gasteiger partial charge in [0.15, 0.2) is 5.82 Å². The fourth-order valence-corrected chi connectivity index (χ4v) is 5.25. The smallest absolute Gasteiger partial charge is 0.255 e. The first-order valence-corrected chi connectivity index (χ1v) is 14.7. The average molecular weight is 575 g/mol. The van der Waals surface area contributed by atoms with Gasteiger partial charge in [0, 0.05) is 61.9 Å². The van der Waals surface area contributed by atoms with Gasteiger partial charge in [0.05, 0.1) is 6.20 Å². The molecule has 220 valence electrons. The molecule has 1 aliphatic rings. The zero-order chi connectivity index (χ0) is 30.0. The number of hydrogen-bond donors (Lipinski definition) is 2. The number of aromatic nitrogens is 3. The van der Waals surface area contributed by atoms with Gasteiger partial charge < -0.3 is 19.9 Å². The van der Waals surface area contributed by atoms with Gasteiger partial charge in [-0.2, -0.15) is 0 Å². The molecule has 0 saturated carbocycles. The predicted octanol–water partition coefficient (Wildman–Crippen LogP) is 6.71. The maximum atomic E-state index is 13.1. The van der Waals surface area contributed by atoms with Crippen molar-refractivity contribution in [3.8, 4) is 23.0 Å². The number of aromatic amines is 1. The first-order chi connectivity index (χ1) is 20.7. The minimum atomic E-state index is -0.150. The summed E-state index contributed by atoms with van der Waals surface area (Å²) >= 11 is 0. The number of hydrogen-bond acceptors (Lipinski definition) is 6. The largest absolute Gasteiger partial charge is 0.457 e. The van der Waals surface area contributed by atoms with Gasteiger partial charge in [-0.3, -0.25) is 14.7 Å². The number of carbonyl (C=O) groups is 1. The van der Waals surface area contributed by atoms with Crippen molar-refractivity contribution < 1.29 is 9.53 Å². The van der Waals surface area contributed by atoms with Gasteiger partial charge in [0.1, 0.15) is 17.2 Å². The average Bonchev–Trinajstić information content (AvgIpc) is 3.46. The quantitative estimate of drug-likeness (QED) is 0.225. The van der Waals surface area contributed by atoms with E-state index in [4.69, 9.17) is 4.74 Å². The van der Waals surface area contributed by atoms with Gasteiger partial charge in [-0.15, -0.1) is 0 Å². The minimum Gasteiger partial charge on any atom is -0.457 e. The number of nitrogens with one attached hydrogen (secondary N) is 2. The number of nitrogens with zero attached hydrogens (tertiary/aromatic N) is 4. The van der Waals surface area contributed by atoms with Crippen LogP contribution in [0.25, 0.3) is 22.3 Å². The van der Waals surface area contributed by atoms with Crippen LogP contribution in [0.2, 0.25) is 0 Å². The van der Waals surface area contributed by atoms with Crippen molar-refractivity contribution in [1.82, 2.24) is 24.8 Å². The molecule has 0 spiro atoms. The molecule has 8 nitrogen and oxygen atoms in total. The van der Waals surface area contributed by atoms with Crippen LogP contribution in [0.15, 0.2) is 85.2 Å². The number of piperazine rings is 1. The number of likely N-dealkylation sites (N-methyl/N-ethyl adjacent to an activating group) is 1. The van der Waals surface area contributed by atoms with Crippen LogP contribution in [0.4, 0.5) is 5.69 Å². The van der Waals surface area contributed by atoms with Crippen molar-refractivity contribution >= 4 is 22.4 Å². The van der Waals surface area contributed by atoms with E-state index in [1.165, 1.54) is 5.56 Å². The Labute approximate surface area is 252 Å². The van der Waals surface area contributed by atoms with Crippen LogP contribution in [-0.2, 0) is 12.0 Å². The highest BCUT2D eigenvalue weighted by Crippen LogP contribution is 2.29. The van der Waals surface area contributed by atoms with Gasteiger partial charge >= 0.3 is 0 Å². The molecule has 0 radical (unpaired) electrons. The van der Waals surface area contributed by atoms with E-state index in [9.17, 15) is 4.79 Å². The van der Waals surface area contributed by atoms with Crippen molar-refractivity contribution in [3.05, 3.63) is 102 Å². The fourth-order valence-electron chi connectivity index (χ4n) is 5.25. The van der Waals surface area contributed by atoms with E-state index in [2.05, 4.69) is 64.0 Å². The summed E-state index contributed by atoms with van der Waals surface area (Å²) in [5.74, 6) is 1.91. The van der Waals surface area contributed by atoms with Gasteiger partial charge in [-0.05, 0) is 71.3 Å². The van der Waals surface area contributed by atoms with E-state index in [1.54, 1.807) is 6.20 Å². The molecule has 1 saturated heterocycles. The number of pyridine rings is 1. The molecule has 0 unspecified atom stereocenters. The lowest BCUT2D eigenvalue weighted by Crippen LogP contribution is -2.43. The van der Waals surface area contributed by atoms with Crippen molar-refractivity contribution in [1.29, 1.82) is 0 Å². The lowest BCUT2D eigenvalue weighted by atomic mass is 9.87. The number of H-pyrrole nitrogens is 1. The molecule has 3 heterocycles. The van der Waals surface area contributed by atoms with E-state index in [1.807, 2.05) is 72.9 Å². The minimum absolute atomic E-state index is 0.00114. The zero-order valence-corrected chi connectivity index (χ0v) is 25.2. The number of fused-ring (bicyclic) bond motifs is 1. The van der Waals surface area contributed by atoms with Crippen LogP contribution in [0, 0.1) is 0 Å². The summed E-state index contributed by atoms with van der Waals surface area (Å²) in [5, 5.41) is 4.99. The molecular weight excluding hydrogens is 536 g/mol. The zero-order valence-electron chi connectivity index (χ0n) is 25.2. The SMILES string of the molecule is CN1CCN(Cc2cnc(-c3cc(Oc4ccc5ccc(C(=O)Nc6cccc(C(C)(C)C)c6)cc5c4)ccn3)[nH]2)CC1. The lowest BCUT2D eigenvalue weighted by Gasteiger charge is -2.31. The second-order valence-corrected chi connectivity index (χ2v) is 12.3. The summed E-state index contributed by atoms with van der Waals surface area (Å²) in [6.07, 6.45) is 3.62. The summed E-state index contributed by atoms with van der Waals surface area (Å²) < 4.78 is 6.23. The molecule has 1 fully saturated rings. The Kier molecular flexibility index (Phi) is 7.97. The third-order valence-corrected chi connectivity index (χ3v) is 7.89. The van der Waals surface area contributed by atoms with E-state index in [0.29, 0.717) is 17.1 Å². The third kappa shape index (κ3) is 6.93. The molecule has 2 aromatic heterocycles. The van der Waals surface area contributed by atoms with Crippen LogP contribution < -0.4 is 10.1 Å². The Morgan fingerprint density at radius 3 is 2.51 bits per heavy atom. The number of imidazole rings is 1. The summed E-state index contributed by atoms with van der Waals surface area (Å²) in [6.45, 7) is 11.6. The summed E-state index contributed by atoms with van der Waals surface area (Å²) in [7, 11) is 2.16. The topological polar surface area (TPSA) is 86.4 Å². The van der Waals surface area contributed by atoms with Gasteiger partial charge in [-0.1, -0.05) is 45.0 Å². The second kappa shape index (κ2) is 12.0. The van der Waals surface area contributed by atoms with Crippen LogP contribution >= 0.6 is 0 Å². The van der Waals surface area contributed by atoms with Crippen molar-refractivity contribution in [2.45, 2.75) is 32.7 Å². The highest BCUT2D eigenvalue weighted by atomic mass is 16.5. The Bertz CT molecular complexity index is 1750. The Morgan fingerprint density at radius 2 is 1.70 bits per heavy atom. The van der Waals surface area contributed by atoms with Gasteiger partial charge in [0.25, 0.3) is 5.91 Å². The third-order valence-electron chi connectivity index (χ3n) is 7.89. The van der Waals surface area contributed by atoms with E-state index >= 15 is 0 Å². The summed E-state index contributed by atoms with van der Waals surface area (Å²) in [6, 6.07) is 23.3. The predicted molar refractivity (Wildman–Crippen MR) is 172 cm³/mol. The summed E-state index contributed by atoms with van der Waals surface area (Å²) in [4.78, 5) is 30.4. The van der Waals surface area contributed by atoms with Crippen LogP contribution in [0.5, 0.6) is 11.5 Å². The highest BCUT2D eigenvalue weighted by molar-refractivity contribution is 6.06. The molecular formula is C35H38N6O2. The first-order valence-electron chi connectivity index (χ1n) is 14.7. The molecule has 2 N–H and O–H groups in total. The van der Waals surface area contributed by atoms with Crippen LogP contribution in [0.1, 0.15) is 42.4 Å². The number of carbonyl (C=O) groups excluding carboxylic acids is 1. The fraction of sp³-hybridized carbons (Fsp3) is 0.286. The lowest BCUT2D eigenvalue weighted by molar-refractivity contribution is 0.102. The molecule has 1 aliphatic heterocycles. The molecule has 43 heavy (non-hydrogen) atoms. The Hall–Kier alpha value is -4.53. The van der Waals surface area contributed by atoms with Gasteiger partial charge in [-0.25, -0.2) is 4.98 Å². The molecule has 5 aromatic rings. The number of anilines is 1. The van der Waals surface area contributed by atoms with Crippen molar-refractivity contribution in [2.75, 3.05) is 38.5 Å². The molecule has 6 rings (SSSR count). The van der Waals surface area contributed by atoms with Crippen LogP contribution in [0.3, 0.4) is 0 Å². The van der Waals surface area contributed by atoms with E-state index in [-0.39, 0.29) is 11.3 Å². The molecule has 3 aromatic carbocycles. The van der Waals surface area contributed by atoms with Gasteiger partial charge in [0.2, 0.25) is 0 Å². The number of rotatable bonds is 7.